The molecular weight excluding hydrogens is 278 g/mol. The van der Waals surface area contributed by atoms with Gasteiger partial charge in [0.1, 0.15) is 5.82 Å². The van der Waals surface area contributed by atoms with Gasteiger partial charge in [-0.2, -0.15) is 4.98 Å². The zero-order valence-electron chi connectivity index (χ0n) is 13.3. The third kappa shape index (κ3) is 7.01. The van der Waals surface area contributed by atoms with Crippen molar-refractivity contribution in [3.63, 3.8) is 0 Å². The number of allylic oxidation sites excluding steroid dienone is 2. The molecule has 1 aromatic heterocycles. The van der Waals surface area contributed by atoms with Crippen molar-refractivity contribution in [3.05, 3.63) is 41.7 Å². The highest BCUT2D eigenvalue weighted by atomic mass is 16.5. The summed E-state index contributed by atoms with van der Waals surface area (Å²) in [6.07, 6.45) is 4.73. The van der Waals surface area contributed by atoms with E-state index in [0.29, 0.717) is 37.2 Å². The minimum atomic E-state index is 0.415. The van der Waals surface area contributed by atoms with Gasteiger partial charge in [0.2, 0.25) is 5.88 Å². The van der Waals surface area contributed by atoms with Crippen LogP contribution in [-0.2, 0) is 6.54 Å². The minimum absolute atomic E-state index is 0.415. The van der Waals surface area contributed by atoms with Crippen LogP contribution in [0.1, 0.15) is 25.8 Å². The van der Waals surface area contributed by atoms with Crippen molar-refractivity contribution in [1.82, 2.24) is 10.3 Å². The molecule has 0 fully saturated rings. The maximum absolute atomic E-state index is 5.76. The Morgan fingerprint density at radius 1 is 1.50 bits per heavy atom. The molecule has 0 spiro atoms. The average Bonchev–Trinajstić information content (AvgIpc) is 2.44. The summed E-state index contributed by atoms with van der Waals surface area (Å²) >= 11 is 0. The fourth-order valence-electron chi connectivity index (χ4n) is 1.78. The molecule has 0 aliphatic carbocycles. The van der Waals surface area contributed by atoms with E-state index >= 15 is 0 Å². The second-order valence-corrected chi connectivity index (χ2v) is 4.81. The number of nitrogen functional groups attached to an aromatic ring is 1. The van der Waals surface area contributed by atoms with Crippen molar-refractivity contribution in [2.24, 2.45) is 10.7 Å². The lowest BCUT2D eigenvalue weighted by Gasteiger charge is -2.08. The number of hydrogen-bond donors (Lipinski definition) is 3. The van der Waals surface area contributed by atoms with Crippen LogP contribution in [0.2, 0.25) is 0 Å². The summed E-state index contributed by atoms with van der Waals surface area (Å²) in [5.74, 6) is 1.44. The van der Waals surface area contributed by atoms with Crippen molar-refractivity contribution < 1.29 is 4.74 Å². The molecule has 0 aliphatic heterocycles. The van der Waals surface area contributed by atoms with Crippen LogP contribution in [0.4, 0.5) is 5.82 Å². The van der Waals surface area contributed by atoms with Crippen LogP contribution in [0.25, 0.3) is 0 Å². The van der Waals surface area contributed by atoms with E-state index in [-0.39, 0.29) is 0 Å². The smallest absolute Gasteiger partial charge is 0.220 e. The van der Waals surface area contributed by atoms with E-state index in [1.54, 1.807) is 13.0 Å². The molecular formula is C16H25N5O. The summed E-state index contributed by atoms with van der Waals surface area (Å²) in [5.41, 5.74) is 13.4. The average molecular weight is 303 g/mol. The number of anilines is 1. The van der Waals surface area contributed by atoms with Gasteiger partial charge in [-0.05, 0) is 30.5 Å². The number of nitrogens with zero attached hydrogens (tertiary/aromatic N) is 2. The van der Waals surface area contributed by atoms with Gasteiger partial charge in [0.25, 0.3) is 0 Å². The number of hydrogen-bond acceptors (Lipinski definition) is 6. The number of nitrogens with two attached hydrogens (primary N) is 2. The molecule has 22 heavy (non-hydrogen) atoms. The summed E-state index contributed by atoms with van der Waals surface area (Å²) < 4.78 is 5.37. The van der Waals surface area contributed by atoms with Crippen LogP contribution < -0.4 is 21.5 Å². The molecule has 0 unspecified atom stereocenters. The Balaban J connectivity index is 2.51. The largest absolute Gasteiger partial charge is 0.444 e. The molecule has 1 rings (SSSR count). The maximum Gasteiger partial charge on any atom is 0.220 e. The van der Waals surface area contributed by atoms with E-state index in [9.17, 15) is 0 Å². The Kier molecular flexibility index (Phi) is 7.88. The number of ether oxygens (including phenoxy) is 1. The molecule has 0 amide bonds. The Labute approximate surface area is 132 Å². The van der Waals surface area contributed by atoms with Gasteiger partial charge in [-0.3, -0.25) is 10.3 Å². The standard InChI is InChI=1S/C16H25N5O/c1-4-13(5-6-17)9-19-11-20-10-14-7-15(18)21-16(8-14)22-12(2)3/h5,7-9,20H,2,4,6,10-11,17H2,1,3H3,(H2,18,21)/b13-5-,19-9?. The van der Waals surface area contributed by atoms with Gasteiger partial charge in [0.05, 0.1) is 12.4 Å². The first-order valence-electron chi connectivity index (χ1n) is 7.24. The van der Waals surface area contributed by atoms with E-state index in [4.69, 9.17) is 16.2 Å². The zero-order chi connectivity index (χ0) is 16.4. The topological polar surface area (TPSA) is 98.5 Å². The van der Waals surface area contributed by atoms with Crippen LogP contribution in [0.15, 0.2) is 41.1 Å². The van der Waals surface area contributed by atoms with Gasteiger partial charge in [-0.1, -0.05) is 19.6 Å². The minimum Gasteiger partial charge on any atom is -0.444 e. The van der Waals surface area contributed by atoms with E-state index in [0.717, 1.165) is 17.6 Å². The van der Waals surface area contributed by atoms with Crippen LogP contribution in [0, 0.1) is 0 Å². The summed E-state index contributed by atoms with van der Waals surface area (Å²) in [5, 5.41) is 3.21. The molecule has 0 saturated carbocycles. The second kappa shape index (κ2) is 9.70. The predicted molar refractivity (Wildman–Crippen MR) is 91.7 cm³/mol. The van der Waals surface area contributed by atoms with Gasteiger partial charge in [0, 0.05) is 25.4 Å². The SMILES string of the molecule is C=C(C)Oc1cc(CNCN=C/C(=C\CN)CC)cc(N)n1. The predicted octanol–water partition coefficient (Wildman–Crippen LogP) is 1.99. The van der Waals surface area contributed by atoms with Crippen molar-refractivity contribution in [3.8, 4) is 5.88 Å². The fraction of sp³-hybridized carbons (Fsp3) is 0.375. The molecule has 0 bridgehead atoms. The molecule has 0 aromatic carbocycles. The fourth-order valence-corrected chi connectivity index (χ4v) is 1.78. The molecule has 1 heterocycles. The number of aliphatic imine (C=N–C) groups is 1. The van der Waals surface area contributed by atoms with Crippen LogP contribution in [-0.4, -0.2) is 24.4 Å². The van der Waals surface area contributed by atoms with Gasteiger partial charge < -0.3 is 16.2 Å². The summed E-state index contributed by atoms with van der Waals surface area (Å²) in [6.45, 7) is 9.19. The molecule has 0 aliphatic rings. The quantitative estimate of drug-likeness (QED) is 0.368. The monoisotopic (exact) mass is 303 g/mol. The molecule has 120 valence electrons. The van der Waals surface area contributed by atoms with Crippen LogP contribution in [0.3, 0.4) is 0 Å². The van der Waals surface area contributed by atoms with Crippen molar-refractivity contribution in [2.45, 2.75) is 26.8 Å². The molecule has 0 saturated heterocycles. The number of pyridine rings is 1. The maximum atomic E-state index is 5.76. The lowest BCUT2D eigenvalue weighted by Crippen LogP contribution is -2.14. The van der Waals surface area contributed by atoms with Crippen LogP contribution in [0.5, 0.6) is 5.88 Å². The Bertz CT molecular complexity index is 551. The highest BCUT2D eigenvalue weighted by Gasteiger charge is 2.02. The van der Waals surface area contributed by atoms with E-state index in [1.807, 2.05) is 18.4 Å². The van der Waals surface area contributed by atoms with Gasteiger partial charge in [-0.15, -0.1) is 0 Å². The number of aromatic nitrogens is 1. The van der Waals surface area contributed by atoms with Gasteiger partial charge in [-0.25, -0.2) is 0 Å². The third-order valence-corrected chi connectivity index (χ3v) is 2.74. The third-order valence-electron chi connectivity index (χ3n) is 2.74. The molecule has 6 nitrogen and oxygen atoms in total. The number of nitrogens with one attached hydrogen (secondary N) is 1. The molecule has 1 aromatic rings. The summed E-state index contributed by atoms with van der Waals surface area (Å²) in [6, 6.07) is 3.63. The molecule has 0 radical (unpaired) electrons. The van der Waals surface area contributed by atoms with E-state index < -0.39 is 0 Å². The van der Waals surface area contributed by atoms with E-state index in [1.165, 1.54) is 0 Å². The Morgan fingerprint density at radius 3 is 2.91 bits per heavy atom. The second-order valence-electron chi connectivity index (χ2n) is 4.81. The van der Waals surface area contributed by atoms with Crippen molar-refractivity contribution in [2.75, 3.05) is 18.9 Å². The molecule has 5 N–H and O–H groups in total. The first kappa shape index (κ1) is 17.9. The van der Waals surface area contributed by atoms with Crippen molar-refractivity contribution >= 4 is 12.0 Å². The lowest BCUT2D eigenvalue weighted by molar-refractivity contribution is 0.413. The van der Waals surface area contributed by atoms with Gasteiger partial charge >= 0.3 is 0 Å². The summed E-state index contributed by atoms with van der Waals surface area (Å²) in [4.78, 5) is 8.41. The zero-order valence-corrected chi connectivity index (χ0v) is 13.3. The Morgan fingerprint density at radius 2 is 2.27 bits per heavy atom. The first-order chi connectivity index (χ1) is 10.5. The summed E-state index contributed by atoms with van der Waals surface area (Å²) in [7, 11) is 0. The van der Waals surface area contributed by atoms with E-state index in [2.05, 4.69) is 28.8 Å². The van der Waals surface area contributed by atoms with Crippen molar-refractivity contribution in [1.29, 1.82) is 0 Å². The molecule has 0 atom stereocenters. The normalized spacial score (nSPS) is 11.9. The lowest BCUT2D eigenvalue weighted by atomic mass is 10.2. The molecule has 6 heteroatoms. The van der Waals surface area contributed by atoms with Gasteiger partial charge in [0.15, 0.2) is 0 Å². The highest BCUT2D eigenvalue weighted by molar-refractivity contribution is 5.78. The van der Waals surface area contributed by atoms with Crippen LogP contribution >= 0.6 is 0 Å². The first-order valence-corrected chi connectivity index (χ1v) is 7.24. The highest BCUT2D eigenvalue weighted by Crippen LogP contribution is 2.15. The number of rotatable bonds is 9. The Hall–Kier alpha value is -2.18.